The van der Waals surface area contributed by atoms with E-state index in [-0.39, 0.29) is 5.56 Å². The molecule has 0 aliphatic rings. The fourth-order valence-electron chi connectivity index (χ4n) is 2.48. The summed E-state index contributed by atoms with van der Waals surface area (Å²) in [6.07, 6.45) is -4.58. The Morgan fingerprint density at radius 3 is 1.89 bits per heavy atom. The van der Waals surface area contributed by atoms with Crippen LogP contribution in [-0.4, -0.2) is 5.11 Å². The average molecular weight is 402 g/mol. The molecule has 3 rings (SSSR count). The molecule has 0 aromatic heterocycles. The first-order chi connectivity index (χ1) is 13.1. The molecule has 0 spiro atoms. The molecule has 0 saturated heterocycles. The molecule has 1 N–H and O–H groups in total. The van der Waals surface area contributed by atoms with Crippen LogP contribution in [0.3, 0.4) is 0 Å². The van der Waals surface area contributed by atoms with Gasteiger partial charge in [0.05, 0.1) is 0 Å². The summed E-state index contributed by atoms with van der Waals surface area (Å²) >= 11 is 0. The van der Waals surface area contributed by atoms with Crippen LogP contribution >= 0.6 is 0 Å². The molecule has 0 fully saturated rings. The predicted octanol–water partition coefficient (Wildman–Crippen LogP) is 5.88. The van der Waals surface area contributed by atoms with Crippen molar-refractivity contribution in [2.75, 3.05) is 0 Å². The van der Waals surface area contributed by atoms with E-state index in [4.69, 9.17) is 5.11 Å². The van der Waals surface area contributed by atoms with E-state index in [2.05, 4.69) is 4.74 Å². The van der Waals surface area contributed by atoms with Gasteiger partial charge in [0.15, 0.2) is 11.6 Å². The van der Waals surface area contributed by atoms with Crippen LogP contribution in [0.25, 0.3) is 11.1 Å². The van der Waals surface area contributed by atoms with E-state index >= 15 is 0 Å². The number of rotatable bonds is 4. The molecular formula is C19H9F7O2. The SMILES string of the molecule is Oc1ccc(-c2cc(F)c(C(F)(F)Oc3ccc(F)c(F)c3)c(F)c2)c(F)c1. The van der Waals surface area contributed by atoms with Crippen LogP contribution in [0.5, 0.6) is 11.5 Å². The lowest BCUT2D eigenvalue weighted by atomic mass is 10.0. The number of hydrogen-bond acceptors (Lipinski definition) is 2. The topological polar surface area (TPSA) is 29.5 Å². The van der Waals surface area contributed by atoms with Gasteiger partial charge in [-0.15, -0.1) is 0 Å². The number of benzene rings is 3. The van der Waals surface area contributed by atoms with Crippen molar-refractivity contribution in [3.63, 3.8) is 0 Å². The van der Waals surface area contributed by atoms with Gasteiger partial charge in [0.2, 0.25) is 0 Å². The van der Waals surface area contributed by atoms with Crippen LogP contribution in [0, 0.1) is 29.1 Å². The molecule has 0 atom stereocenters. The first kappa shape index (κ1) is 19.5. The molecule has 0 amide bonds. The fourth-order valence-corrected chi connectivity index (χ4v) is 2.48. The molecule has 3 aromatic rings. The monoisotopic (exact) mass is 402 g/mol. The summed E-state index contributed by atoms with van der Waals surface area (Å²) in [5.74, 6) is -8.66. The van der Waals surface area contributed by atoms with E-state index in [1.165, 1.54) is 0 Å². The molecule has 0 heterocycles. The van der Waals surface area contributed by atoms with Crippen molar-refractivity contribution in [3.05, 3.63) is 83.2 Å². The first-order valence-corrected chi connectivity index (χ1v) is 7.59. The van der Waals surface area contributed by atoms with Crippen LogP contribution < -0.4 is 4.74 Å². The molecule has 2 nitrogen and oxygen atoms in total. The van der Waals surface area contributed by atoms with Gasteiger partial charge >= 0.3 is 6.11 Å². The summed E-state index contributed by atoms with van der Waals surface area (Å²) in [6.45, 7) is 0. The Bertz CT molecular complexity index is 1030. The number of phenolic OH excluding ortho intramolecular Hbond substituents is 1. The summed E-state index contributed by atoms with van der Waals surface area (Å²) in [5, 5.41) is 9.17. The summed E-state index contributed by atoms with van der Waals surface area (Å²) in [4.78, 5) is 0. The van der Waals surface area contributed by atoms with Crippen molar-refractivity contribution in [2.45, 2.75) is 6.11 Å². The standard InChI is InChI=1S/C19H9F7O2/c20-13-4-2-11(8-15(13)22)28-19(25,26)18-16(23)5-9(6-17(18)24)12-3-1-10(27)7-14(12)21/h1-8,27H. The Morgan fingerprint density at radius 2 is 1.32 bits per heavy atom. The maximum absolute atomic E-state index is 14.2. The fraction of sp³-hybridized carbons (Fsp3) is 0.0526. The van der Waals surface area contributed by atoms with Crippen LogP contribution in [0.1, 0.15) is 5.56 Å². The molecule has 0 saturated carbocycles. The van der Waals surface area contributed by atoms with E-state index in [1.807, 2.05) is 0 Å². The lowest BCUT2D eigenvalue weighted by Crippen LogP contribution is -2.25. The Morgan fingerprint density at radius 1 is 0.679 bits per heavy atom. The molecular weight excluding hydrogens is 393 g/mol. The van der Waals surface area contributed by atoms with Crippen molar-refractivity contribution in [1.82, 2.24) is 0 Å². The number of ether oxygens (including phenoxy) is 1. The van der Waals surface area contributed by atoms with Crippen molar-refractivity contribution >= 4 is 0 Å². The molecule has 0 aliphatic heterocycles. The number of halogens is 7. The molecule has 0 bridgehead atoms. The quantitative estimate of drug-likeness (QED) is 0.552. The zero-order valence-corrected chi connectivity index (χ0v) is 13.6. The van der Waals surface area contributed by atoms with Gasteiger partial charge in [0.25, 0.3) is 0 Å². The Kier molecular flexibility index (Phi) is 4.93. The summed E-state index contributed by atoms with van der Waals surface area (Å²) in [6, 6.07) is 5.09. The minimum Gasteiger partial charge on any atom is -0.508 e. The molecule has 146 valence electrons. The second kappa shape index (κ2) is 7.06. The van der Waals surface area contributed by atoms with Gasteiger partial charge in [-0.2, -0.15) is 8.78 Å². The van der Waals surface area contributed by atoms with E-state index in [9.17, 15) is 30.7 Å². The lowest BCUT2D eigenvalue weighted by molar-refractivity contribution is -0.189. The van der Waals surface area contributed by atoms with Crippen molar-refractivity contribution in [2.24, 2.45) is 0 Å². The van der Waals surface area contributed by atoms with Gasteiger partial charge in [-0.3, -0.25) is 0 Å². The Labute approximate surface area is 153 Å². The van der Waals surface area contributed by atoms with Crippen LogP contribution in [0.15, 0.2) is 48.5 Å². The zero-order chi connectivity index (χ0) is 20.6. The maximum atomic E-state index is 14.2. The summed E-state index contributed by atoms with van der Waals surface area (Å²) in [7, 11) is 0. The summed E-state index contributed by atoms with van der Waals surface area (Å²) in [5.41, 5.74) is -2.54. The Hall–Kier alpha value is -3.23. The van der Waals surface area contributed by atoms with Crippen molar-refractivity contribution in [1.29, 1.82) is 0 Å². The minimum atomic E-state index is -4.58. The van der Waals surface area contributed by atoms with Crippen LogP contribution in [0.2, 0.25) is 0 Å². The van der Waals surface area contributed by atoms with E-state index in [0.717, 1.165) is 12.1 Å². The van der Waals surface area contributed by atoms with Gasteiger partial charge in [-0.25, -0.2) is 22.0 Å². The minimum absolute atomic E-state index is 0.291. The second-order valence-electron chi connectivity index (χ2n) is 5.67. The molecule has 9 heteroatoms. The molecule has 0 unspecified atom stereocenters. The highest BCUT2D eigenvalue weighted by atomic mass is 19.3. The van der Waals surface area contributed by atoms with E-state index in [0.29, 0.717) is 36.4 Å². The number of alkyl halides is 2. The molecule has 28 heavy (non-hydrogen) atoms. The third-order valence-electron chi connectivity index (χ3n) is 3.73. The average Bonchev–Trinajstić information content (AvgIpc) is 2.57. The van der Waals surface area contributed by atoms with Gasteiger partial charge < -0.3 is 9.84 Å². The highest BCUT2D eigenvalue weighted by Gasteiger charge is 2.41. The smallest absolute Gasteiger partial charge is 0.432 e. The van der Waals surface area contributed by atoms with Gasteiger partial charge in [0, 0.05) is 17.7 Å². The third kappa shape index (κ3) is 3.73. The van der Waals surface area contributed by atoms with Crippen molar-refractivity contribution in [3.8, 4) is 22.6 Å². The normalized spacial score (nSPS) is 11.5. The van der Waals surface area contributed by atoms with Crippen LogP contribution in [-0.2, 0) is 6.11 Å². The molecule has 0 radical (unpaired) electrons. The number of aromatic hydroxyl groups is 1. The van der Waals surface area contributed by atoms with Gasteiger partial charge in [-0.05, 0) is 42.0 Å². The number of phenols is 1. The molecule has 3 aromatic carbocycles. The van der Waals surface area contributed by atoms with Gasteiger partial charge in [0.1, 0.15) is 34.5 Å². The maximum Gasteiger partial charge on any atom is 0.432 e. The second-order valence-corrected chi connectivity index (χ2v) is 5.67. The third-order valence-corrected chi connectivity index (χ3v) is 3.73. The lowest BCUT2D eigenvalue weighted by Gasteiger charge is -2.20. The van der Waals surface area contributed by atoms with E-state index < -0.39 is 57.8 Å². The summed E-state index contributed by atoms with van der Waals surface area (Å²) < 4.78 is 101. The van der Waals surface area contributed by atoms with Crippen LogP contribution in [0.4, 0.5) is 30.7 Å². The van der Waals surface area contributed by atoms with Gasteiger partial charge in [-0.1, -0.05) is 0 Å². The zero-order valence-electron chi connectivity index (χ0n) is 13.6. The highest BCUT2D eigenvalue weighted by molar-refractivity contribution is 5.65. The largest absolute Gasteiger partial charge is 0.508 e. The number of hydrogen-bond donors (Lipinski definition) is 1. The highest BCUT2D eigenvalue weighted by Crippen LogP contribution is 2.37. The Balaban J connectivity index is 2.00. The van der Waals surface area contributed by atoms with E-state index in [1.54, 1.807) is 0 Å². The predicted molar refractivity (Wildman–Crippen MR) is 84.3 cm³/mol. The molecule has 0 aliphatic carbocycles. The van der Waals surface area contributed by atoms with Crippen molar-refractivity contribution < 1.29 is 40.6 Å². The first-order valence-electron chi connectivity index (χ1n) is 7.59.